The first-order valence-electron chi connectivity index (χ1n) is 6.39. The van der Waals surface area contributed by atoms with E-state index in [1.165, 1.54) is 10.6 Å². The van der Waals surface area contributed by atoms with E-state index in [0.29, 0.717) is 5.52 Å². The van der Waals surface area contributed by atoms with Crippen molar-refractivity contribution in [2.24, 2.45) is 0 Å². The third-order valence-electron chi connectivity index (χ3n) is 3.73. The number of hydrogen-bond acceptors (Lipinski definition) is 2. The smallest absolute Gasteiger partial charge is 0.314 e. The van der Waals surface area contributed by atoms with Crippen LogP contribution in [-0.4, -0.2) is 22.1 Å². The summed E-state index contributed by atoms with van der Waals surface area (Å²) in [6.07, 6.45) is 1.45. The van der Waals surface area contributed by atoms with E-state index < -0.39 is 11.6 Å². The van der Waals surface area contributed by atoms with Gasteiger partial charge in [0.15, 0.2) is 11.6 Å². The van der Waals surface area contributed by atoms with Gasteiger partial charge in [-0.15, -0.1) is 12.4 Å². The molecule has 1 aromatic carbocycles. The number of rotatable bonds is 1. The molecule has 0 aliphatic carbocycles. The average Bonchev–Trinajstić information content (AvgIpc) is 2.71. The highest BCUT2D eigenvalue weighted by atomic mass is 35.5. The van der Waals surface area contributed by atoms with Crippen molar-refractivity contribution < 1.29 is 8.78 Å². The molecule has 7 heteroatoms. The van der Waals surface area contributed by atoms with Gasteiger partial charge in [0.2, 0.25) is 0 Å². The van der Waals surface area contributed by atoms with Gasteiger partial charge in [-0.25, -0.2) is 13.6 Å². The van der Waals surface area contributed by atoms with Crippen LogP contribution in [0, 0.1) is 11.6 Å². The molecule has 0 saturated carbocycles. The summed E-state index contributed by atoms with van der Waals surface area (Å²) >= 11 is 0. The Hall–Kier alpha value is -1.40. The maximum absolute atomic E-state index is 14.0. The SMILES string of the molecule is CC1CC(n2c(=O)[nH]c3ccc(F)c(F)c32)CCN1.Cl. The van der Waals surface area contributed by atoms with E-state index in [9.17, 15) is 13.6 Å². The first-order chi connectivity index (χ1) is 9.08. The topological polar surface area (TPSA) is 49.8 Å². The number of fused-ring (bicyclic) bond motifs is 1. The quantitative estimate of drug-likeness (QED) is 0.849. The predicted octanol–water partition coefficient (Wildman–Crippen LogP) is 2.34. The monoisotopic (exact) mass is 303 g/mol. The van der Waals surface area contributed by atoms with Crippen LogP contribution in [-0.2, 0) is 0 Å². The maximum Gasteiger partial charge on any atom is 0.326 e. The summed E-state index contributed by atoms with van der Waals surface area (Å²) < 4.78 is 28.7. The van der Waals surface area contributed by atoms with E-state index >= 15 is 0 Å². The van der Waals surface area contributed by atoms with Crippen molar-refractivity contribution in [3.8, 4) is 0 Å². The summed E-state index contributed by atoms with van der Waals surface area (Å²) in [5.74, 6) is -1.88. The van der Waals surface area contributed by atoms with Gasteiger partial charge in [0, 0.05) is 12.1 Å². The third kappa shape index (κ3) is 2.33. The number of benzene rings is 1. The minimum atomic E-state index is -0.956. The van der Waals surface area contributed by atoms with Crippen LogP contribution in [0.1, 0.15) is 25.8 Å². The molecule has 3 rings (SSSR count). The zero-order chi connectivity index (χ0) is 13.6. The fourth-order valence-electron chi connectivity index (χ4n) is 2.84. The number of aromatic amines is 1. The first-order valence-corrected chi connectivity index (χ1v) is 6.39. The van der Waals surface area contributed by atoms with Crippen molar-refractivity contribution in [2.75, 3.05) is 6.54 Å². The summed E-state index contributed by atoms with van der Waals surface area (Å²) in [7, 11) is 0. The van der Waals surface area contributed by atoms with E-state index in [1.807, 2.05) is 6.92 Å². The number of nitrogens with one attached hydrogen (secondary N) is 2. The van der Waals surface area contributed by atoms with Gasteiger partial charge in [0.25, 0.3) is 0 Å². The van der Waals surface area contributed by atoms with Crippen LogP contribution in [0.5, 0.6) is 0 Å². The molecule has 110 valence electrons. The van der Waals surface area contributed by atoms with Gasteiger partial charge in [-0.3, -0.25) is 4.57 Å². The van der Waals surface area contributed by atoms with Crippen molar-refractivity contribution in [2.45, 2.75) is 31.8 Å². The highest BCUT2D eigenvalue weighted by molar-refractivity contribution is 5.85. The molecular formula is C13H16ClF2N3O. The fourth-order valence-corrected chi connectivity index (χ4v) is 2.84. The van der Waals surface area contributed by atoms with Gasteiger partial charge in [-0.2, -0.15) is 0 Å². The number of imidazole rings is 1. The fraction of sp³-hybridized carbons (Fsp3) is 0.462. The van der Waals surface area contributed by atoms with Crippen molar-refractivity contribution in [1.82, 2.24) is 14.9 Å². The van der Waals surface area contributed by atoms with Crippen LogP contribution in [0.3, 0.4) is 0 Å². The van der Waals surface area contributed by atoms with Crippen molar-refractivity contribution in [3.63, 3.8) is 0 Å². The Kier molecular flexibility index (Phi) is 4.15. The Labute approximate surface area is 120 Å². The number of halogens is 3. The normalized spacial score (nSPS) is 22.8. The zero-order valence-corrected chi connectivity index (χ0v) is 11.8. The number of nitrogens with zero attached hydrogens (tertiary/aromatic N) is 1. The Morgan fingerprint density at radius 3 is 2.80 bits per heavy atom. The highest BCUT2D eigenvalue weighted by Gasteiger charge is 2.25. The molecular weight excluding hydrogens is 288 g/mol. The number of aromatic nitrogens is 2. The number of H-pyrrole nitrogens is 1. The standard InChI is InChI=1S/C13H15F2N3O.ClH/c1-7-6-8(4-5-16-7)18-12-10(17-13(18)19)3-2-9(14)11(12)15;/h2-3,7-8,16H,4-6H2,1H3,(H,17,19);1H. The average molecular weight is 304 g/mol. The van der Waals surface area contributed by atoms with Crippen molar-refractivity contribution >= 4 is 23.4 Å². The van der Waals surface area contributed by atoms with Gasteiger partial charge in [-0.1, -0.05) is 0 Å². The van der Waals surface area contributed by atoms with Gasteiger partial charge in [-0.05, 0) is 38.4 Å². The molecule has 1 aliphatic rings. The molecule has 4 nitrogen and oxygen atoms in total. The number of hydrogen-bond donors (Lipinski definition) is 2. The van der Waals surface area contributed by atoms with Gasteiger partial charge in [0.05, 0.1) is 5.52 Å². The lowest BCUT2D eigenvalue weighted by Crippen LogP contribution is -2.39. The van der Waals surface area contributed by atoms with Gasteiger partial charge in [0.1, 0.15) is 5.52 Å². The maximum atomic E-state index is 14.0. The molecule has 2 aromatic rings. The zero-order valence-electron chi connectivity index (χ0n) is 11.0. The third-order valence-corrected chi connectivity index (χ3v) is 3.73. The number of piperidine rings is 1. The van der Waals surface area contributed by atoms with E-state index in [0.717, 1.165) is 25.5 Å². The van der Waals surface area contributed by atoms with Crippen molar-refractivity contribution in [3.05, 3.63) is 34.3 Å². The van der Waals surface area contributed by atoms with Crippen LogP contribution in [0.4, 0.5) is 8.78 Å². The summed E-state index contributed by atoms with van der Waals surface area (Å²) in [5.41, 5.74) is 0.0118. The molecule has 2 unspecified atom stereocenters. The Morgan fingerprint density at radius 2 is 2.10 bits per heavy atom. The van der Waals surface area contributed by atoms with E-state index in [4.69, 9.17) is 0 Å². The minimum Gasteiger partial charge on any atom is -0.314 e. The minimum absolute atomic E-state index is 0. The molecule has 0 bridgehead atoms. The lowest BCUT2D eigenvalue weighted by molar-refractivity contribution is 0.312. The largest absolute Gasteiger partial charge is 0.326 e. The molecule has 0 amide bonds. The molecule has 20 heavy (non-hydrogen) atoms. The second kappa shape index (κ2) is 5.54. The molecule has 2 N–H and O–H groups in total. The summed E-state index contributed by atoms with van der Waals surface area (Å²) in [6, 6.07) is 2.58. The summed E-state index contributed by atoms with van der Waals surface area (Å²) in [6.45, 7) is 2.78. The Balaban J connectivity index is 0.00000147. The molecule has 1 aliphatic heterocycles. The highest BCUT2D eigenvalue weighted by Crippen LogP contribution is 2.26. The van der Waals surface area contributed by atoms with Crippen LogP contribution in [0.15, 0.2) is 16.9 Å². The van der Waals surface area contributed by atoms with E-state index in [2.05, 4.69) is 10.3 Å². The molecule has 2 heterocycles. The molecule has 0 radical (unpaired) electrons. The second-order valence-electron chi connectivity index (χ2n) is 5.09. The van der Waals surface area contributed by atoms with Gasteiger partial charge < -0.3 is 10.3 Å². The lowest BCUT2D eigenvalue weighted by Gasteiger charge is -2.28. The van der Waals surface area contributed by atoms with Crippen molar-refractivity contribution in [1.29, 1.82) is 0 Å². The second-order valence-corrected chi connectivity index (χ2v) is 5.09. The predicted molar refractivity (Wildman–Crippen MR) is 75.5 cm³/mol. The molecule has 0 spiro atoms. The molecule has 1 aromatic heterocycles. The van der Waals surface area contributed by atoms with Crippen LogP contribution in [0.25, 0.3) is 11.0 Å². The van der Waals surface area contributed by atoms with Crippen LogP contribution in [0.2, 0.25) is 0 Å². The summed E-state index contributed by atoms with van der Waals surface area (Å²) in [4.78, 5) is 14.6. The van der Waals surface area contributed by atoms with E-state index in [-0.39, 0.29) is 35.7 Å². The summed E-state index contributed by atoms with van der Waals surface area (Å²) in [5, 5.41) is 3.27. The lowest BCUT2D eigenvalue weighted by atomic mass is 10.0. The first kappa shape index (κ1) is 15.0. The Morgan fingerprint density at radius 1 is 1.35 bits per heavy atom. The molecule has 2 atom stereocenters. The Bertz CT molecular complexity index is 682. The van der Waals surface area contributed by atoms with Crippen LogP contribution >= 0.6 is 12.4 Å². The molecule has 1 saturated heterocycles. The van der Waals surface area contributed by atoms with Crippen LogP contribution < -0.4 is 11.0 Å². The molecule has 1 fully saturated rings. The van der Waals surface area contributed by atoms with E-state index in [1.54, 1.807) is 0 Å². The van der Waals surface area contributed by atoms with Gasteiger partial charge >= 0.3 is 5.69 Å².